The molecule has 0 bridgehead atoms. The maximum Gasteiger partial charge on any atom is 0.251 e. The van der Waals surface area contributed by atoms with Gasteiger partial charge in [0.1, 0.15) is 0 Å². The monoisotopic (exact) mass is 474 g/mol. The van der Waals surface area contributed by atoms with Crippen LogP contribution in [0.4, 0.5) is 33.2 Å². The third kappa shape index (κ3) is 4.41. The fourth-order valence-corrected chi connectivity index (χ4v) is 4.21. The smallest absolute Gasteiger partial charge is 0.251 e. The Morgan fingerprint density at radius 1 is 1.11 bits per heavy atom. The Labute approximate surface area is 203 Å². The molecule has 1 aromatic heterocycles. The van der Waals surface area contributed by atoms with Crippen LogP contribution >= 0.6 is 0 Å². The van der Waals surface area contributed by atoms with Crippen molar-refractivity contribution < 1.29 is 14.0 Å². The zero-order chi connectivity index (χ0) is 24.7. The van der Waals surface area contributed by atoms with E-state index >= 15 is 0 Å². The maximum absolute atomic E-state index is 14.4. The predicted molar refractivity (Wildman–Crippen MR) is 133 cm³/mol. The summed E-state index contributed by atoms with van der Waals surface area (Å²) >= 11 is 0. The van der Waals surface area contributed by atoms with Crippen molar-refractivity contribution in [2.24, 2.45) is 0 Å². The molecule has 0 spiro atoms. The van der Waals surface area contributed by atoms with E-state index in [-0.39, 0.29) is 29.6 Å². The van der Waals surface area contributed by atoms with Crippen LogP contribution in [-0.2, 0) is 10.2 Å². The Morgan fingerprint density at radius 2 is 1.83 bits per heavy atom. The van der Waals surface area contributed by atoms with Gasteiger partial charge in [0.25, 0.3) is 5.91 Å². The van der Waals surface area contributed by atoms with Crippen molar-refractivity contribution in [3.63, 3.8) is 0 Å². The van der Waals surface area contributed by atoms with Gasteiger partial charge in [-0.15, -0.1) is 0 Å². The molecule has 1 fully saturated rings. The van der Waals surface area contributed by atoms with Gasteiger partial charge in [0.15, 0.2) is 11.6 Å². The van der Waals surface area contributed by atoms with Crippen LogP contribution in [0.1, 0.15) is 49.5 Å². The van der Waals surface area contributed by atoms with Crippen LogP contribution in [0.15, 0.2) is 48.7 Å². The SMILES string of the molecule is CCN1C(=O)C(C)(C)c2cc(Nc3ncc(F)c(Nc4ccc(C(=O)NC5CC5)cc4)n3)ccc21. The van der Waals surface area contributed by atoms with Gasteiger partial charge in [0.05, 0.1) is 11.6 Å². The highest BCUT2D eigenvalue weighted by Gasteiger charge is 2.43. The Bertz CT molecular complexity index is 1300. The third-order valence-electron chi connectivity index (χ3n) is 6.38. The molecule has 9 heteroatoms. The standard InChI is InChI=1S/C26H27FN6O2/c1-4-33-21-12-11-18(13-19(21)26(2,3)24(33)35)31-25-28-14-20(27)22(32-25)29-16-7-5-15(6-8-16)23(34)30-17-9-10-17/h5-8,11-14,17H,4,9-10H2,1-3H3,(H,30,34)(H2,28,29,31,32). The zero-order valence-electron chi connectivity index (χ0n) is 19.9. The molecule has 1 saturated carbocycles. The van der Waals surface area contributed by atoms with Crippen molar-refractivity contribution in [1.29, 1.82) is 0 Å². The highest BCUT2D eigenvalue weighted by Crippen LogP contribution is 2.42. The van der Waals surface area contributed by atoms with E-state index in [1.807, 2.05) is 39.0 Å². The van der Waals surface area contributed by atoms with Gasteiger partial charge in [-0.3, -0.25) is 9.59 Å². The van der Waals surface area contributed by atoms with E-state index in [2.05, 4.69) is 25.9 Å². The van der Waals surface area contributed by atoms with Gasteiger partial charge in [0, 0.05) is 35.2 Å². The maximum atomic E-state index is 14.4. The van der Waals surface area contributed by atoms with E-state index in [1.54, 1.807) is 29.2 Å². The Balaban J connectivity index is 1.33. The lowest BCUT2D eigenvalue weighted by molar-refractivity contribution is -0.122. The van der Waals surface area contributed by atoms with Crippen LogP contribution < -0.4 is 20.9 Å². The quantitative estimate of drug-likeness (QED) is 0.461. The van der Waals surface area contributed by atoms with E-state index < -0.39 is 11.2 Å². The van der Waals surface area contributed by atoms with Crippen LogP contribution in [0, 0.1) is 5.82 Å². The molecule has 35 heavy (non-hydrogen) atoms. The van der Waals surface area contributed by atoms with Crippen molar-refractivity contribution in [2.45, 2.75) is 45.1 Å². The first-order valence-electron chi connectivity index (χ1n) is 11.7. The molecular formula is C26H27FN6O2. The lowest BCUT2D eigenvalue weighted by atomic mass is 9.86. The molecule has 0 atom stereocenters. The number of anilines is 5. The van der Waals surface area contributed by atoms with Gasteiger partial charge in [-0.05, 0) is 81.6 Å². The number of hydrogen-bond donors (Lipinski definition) is 3. The van der Waals surface area contributed by atoms with Crippen LogP contribution in [0.25, 0.3) is 0 Å². The minimum Gasteiger partial charge on any atom is -0.349 e. The summed E-state index contributed by atoms with van der Waals surface area (Å²) in [5, 5.41) is 8.99. The predicted octanol–water partition coefficient (Wildman–Crippen LogP) is 4.64. The molecule has 0 radical (unpaired) electrons. The Kier molecular flexibility index (Phi) is 5.62. The number of carbonyl (C=O) groups excluding carboxylic acids is 2. The first-order chi connectivity index (χ1) is 16.8. The third-order valence-corrected chi connectivity index (χ3v) is 6.38. The topological polar surface area (TPSA) is 99.3 Å². The largest absolute Gasteiger partial charge is 0.349 e. The summed E-state index contributed by atoms with van der Waals surface area (Å²) < 4.78 is 14.4. The van der Waals surface area contributed by atoms with Gasteiger partial charge in [-0.25, -0.2) is 9.37 Å². The van der Waals surface area contributed by atoms with Gasteiger partial charge < -0.3 is 20.9 Å². The molecule has 0 unspecified atom stereocenters. The highest BCUT2D eigenvalue weighted by atomic mass is 19.1. The van der Waals surface area contributed by atoms with E-state index in [0.29, 0.717) is 23.5 Å². The molecule has 1 aliphatic heterocycles. The van der Waals surface area contributed by atoms with E-state index in [0.717, 1.165) is 30.3 Å². The fourth-order valence-electron chi connectivity index (χ4n) is 4.21. The average Bonchev–Trinajstić information content (AvgIpc) is 3.63. The molecule has 5 rings (SSSR count). The second-order valence-electron chi connectivity index (χ2n) is 9.37. The van der Waals surface area contributed by atoms with Gasteiger partial charge in [-0.2, -0.15) is 4.98 Å². The van der Waals surface area contributed by atoms with Crippen LogP contribution in [-0.4, -0.2) is 34.4 Å². The molecule has 2 amide bonds. The van der Waals surface area contributed by atoms with Crippen molar-refractivity contribution in [1.82, 2.24) is 15.3 Å². The molecule has 1 aliphatic carbocycles. The normalized spacial score (nSPS) is 16.1. The molecular weight excluding hydrogens is 447 g/mol. The number of benzene rings is 2. The van der Waals surface area contributed by atoms with Crippen LogP contribution in [0.5, 0.6) is 0 Å². The number of likely N-dealkylation sites (N-methyl/N-ethyl adjacent to an activating group) is 1. The molecule has 2 aliphatic rings. The zero-order valence-corrected chi connectivity index (χ0v) is 19.9. The summed E-state index contributed by atoms with van der Waals surface area (Å²) in [4.78, 5) is 35.0. The molecule has 180 valence electrons. The summed E-state index contributed by atoms with van der Waals surface area (Å²) in [5.41, 5.74) is 3.01. The van der Waals surface area contributed by atoms with Gasteiger partial charge in [0.2, 0.25) is 11.9 Å². The molecule has 8 nitrogen and oxygen atoms in total. The summed E-state index contributed by atoms with van der Waals surface area (Å²) in [6.07, 6.45) is 3.13. The number of aromatic nitrogens is 2. The van der Waals surface area contributed by atoms with Crippen molar-refractivity contribution >= 4 is 40.6 Å². The molecule has 0 saturated heterocycles. The van der Waals surface area contributed by atoms with Gasteiger partial charge in [-0.1, -0.05) is 0 Å². The lowest BCUT2D eigenvalue weighted by Crippen LogP contribution is -2.35. The molecule has 2 heterocycles. The second kappa shape index (κ2) is 8.65. The molecule has 3 N–H and O–H groups in total. The average molecular weight is 475 g/mol. The van der Waals surface area contributed by atoms with Crippen LogP contribution in [0.3, 0.4) is 0 Å². The van der Waals surface area contributed by atoms with Gasteiger partial charge >= 0.3 is 0 Å². The lowest BCUT2D eigenvalue weighted by Gasteiger charge is -2.18. The number of hydrogen-bond acceptors (Lipinski definition) is 6. The van der Waals surface area contributed by atoms with Crippen molar-refractivity contribution in [3.05, 3.63) is 65.6 Å². The summed E-state index contributed by atoms with van der Waals surface area (Å²) in [5.74, 6) is -0.437. The number of nitrogens with one attached hydrogen (secondary N) is 3. The van der Waals surface area contributed by atoms with E-state index in [4.69, 9.17) is 0 Å². The second-order valence-corrected chi connectivity index (χ2v) is 9.37. The summed E-state index contributed by atoms with van der Waals surface area (Å²) in [7, 11) is 0. The van der Waals surface area contributed by atoms with Crippen LogP contribution in [0.2, 0.25) is 0 Å². The minimum atomic E-state index is -0.638. The minimum absolute atomic E-state index is 0.00603. The number of nitrogens with zero attached hydrogens (tertiary/aromatic N) is 3. The highest BCUT2D eigenvalue weighted by molar-refractivity contribution is 6.08. The summed E-state index contributed by atoms with van der Waals surface area (Å²) in [6, 6.07) is 12.7. The number of amides is 2. The molecule has 3 aromatic rings. The van der Waals surface area contributed by atoms with E-state index in [1.165, 1.54) is 0 Å². The Morgan fingerprint density at radius 3 is 2.51 bits per heavy atom. The summed E-state index contributed by atoms with van der Waals surface area (Å²) in [6.45, 7) is 6.37. The Hall–Kier alpha value is -4.01. The number of rotatable bonds is 7. The van der Waals surface area contributed by atoms with Crippen molar-refractivity contribution in [2.75, 3.05) is 22.1 Å². The molecule has 2 aromatic carbocycles. The number of carbonyl (C=O) groups is 2. The van der Waals surface area contributed by atoms with Crippen molar-refractivity contribution in [3.8, 4) is 0 Å². The first kappa shape index (κ1) is 22.8. The number of fused-ring (bicyclic) bond motifs is 1. The fraction of sp³-hybridized carbons (Fsp3) is 0.308. The van der Waals surface area contributed by atoms with E-state index in [9.17, 15) is 14.0 Å². The first-order valence-corrected chi connectivity index (χ1v) is 11.7. The number of halogens is 1.